The SMILES string of the molecule is Cc1ccc(OC(C)C(=O)NC2CCN(C)CC2)cc1C. The minimum absolute atomic E-state index is 0.0252. The van der Waals surface area contributed by atoms with E-state index in [2.05, 4.69) is 24.2 Å². The molecule has 1 aliphatic rings. The van der Waals surface area contributed by atoms with Crippen LogP contribution in [0.5, 0.6) is 5.75 Å². The molecule has 116 valence electrons. The van der Waals surface area contributed by atoms with E-state index in [1.807, 2.05) is 25.1 Å². The Bertz CT molecular complexity index is 494. The Labute approximate surface area is 127 Å². The smallest absolute Gasteiger partial charge is 0.260 e. The Hall–Kier alpha value is -1.55. The van der Waals surface area contributed by atoms with Crippen molar-refractivity contribution in [3.8, 4) is 5.75 Å². The number of rotatable bonds is 4. The summed E-state index contributed by atoms with van der Waals surface area (Å²) in [7, 11) is 2.11. The molecule has 0 spiro atoms. The summed E-state index contributed by atoms with van der Waals surface area (Å²) in [5, 5.41) is 3.09. The zero-order chi connectivity index (χ0) is 15.4. The monoisotopic (exact) mass is 290 g/mol. The summed E-state index contributed by atoms with van der Waals surface area (Å²) in [5.41, 5.74) is 2.40. The molecule has 1 heterocycles. The zero-order valence-corrected chi connectivity index (χ0v) is 13.5. The summed E-state index contributed by atoms with van der Waals surface area (Å²) in [6.07, 6.45) is 1.56. The average Bonchev–Trinajstić information content (AvgIpc) is 2.45. The molecule has 4 heteroatoms. The molecular weight excluding hydrogens is 264 g/mol. The number of carbonyl (C=O) groups is 1. The Morgan fingerprint density at radius 1 is 1.29 bits per heavy atom. The number of nitrogens with one attached hydrogen (secondary N) is 1. The lowest BCUT2D eigenvalue weighted by atomic mass is 10.1. The van der Waals surface area contributed by atoms with Gasteiger partial charge in [0.25, 0.3) is 5.91 Å². The Morgan fingerprint density at radius 3 is 2.57 bits per heavy atom. The van der Waals surface area contributed by atoms with Gasteiger partial charge in [0.05, 0.1) is 0 Å². The quantitative estimate of drug-likeness (QED) is 0.925. The van der Waals surface area contributed by atoms with Crippen molar-refractivity contribution in [1.29, 1.82) is 0 Å². The number of aryl methyl sites for hydroxylation is 2. The Kier molecular flexibility index (Phi) is 5.23. The second-order valence-corrected chi connectivity index (χ2v) is 6.09. The van der Waals surface area contributed by atoms with Crippen molar-refractivity contribution in [3.63, 3.8) is 0 Å². The number of hydrogen-bond acceptors (Lipinski definition) is 3. The van der Waals surface area contributed by atoms with E-state index in [0.29, 0.717) is 0 Å². The molecular formula is C17H26N2O2. The van der Waals surface area contributed by atoms with Gasteiger partial charge in [-0.15, -0.1) is 0 Å². The lowest BCUT2D eigenvalue weighted by Gasteiger charge is -2.30. The van der Waals surface area contributed by atoms with Crippen molar-refractivity contribution in [1.82, 2.24) is 10.2 Å². The number of amides is 1. The third kappa shape index (κ3) is 4.46. The molecule has 0 aromatic heterocycles. The molecule has 1 aromatic carbocycles. The van der Waals surface area contributed by atoms with Crippen LogP contribution in [0.4, 0.5) is 0 Å². The minimum Gasteiger partial charge on any atom is -0.481 e. The maximum absolute atomic E-state index is 12.2. The number of nitrogens with zero attached hydrogens (tertiary/aromatic N) is 1. The normalized spacial score (nSPS) is 18.3. The zero-order valence-electron chi connectivity index (χ0n) is 13.5. The molecule has 1 aromatic rings. The Balaban J connectivity index is 1.86. The van der Waals surface area contributed by atoms with Crippen LogP contribution in [0.1, 0.15) is 30.9 Å². The van der Waals surface area contributed by atoms with Crippen molar-refractivity contribution >= 4 is 5.91 Å². The lowest BCUT2D eigenvalue weighted by Crippen LogP contribution is -2.47. The fourth-order valence-corrected chi connectivity index (χ4v) is 2.52. The highest BCUT2D eigenvalue weighted by atomic mass is 16.5. The summed E-state index contributed by atoms with van der Waals surface area (Å²) < 4.78 is 5.75. The van der Waals surface area contributed by atoms with Gasteiger partial charge in [-0.2, -0.15) is 0 Å². The first kappa shape index (κ1) is 15.8. The van der Waals surface area contributed by atoms with Crippen molar-refractivity contribution in [3.05, 3.63) is 29.3 Å². The van der Waals surface area contributed by atoms with Crippen LogP contribution >= 0.6 is 0 Å². The van der Waals surface area contributed by atoms with Crippen LogP contribution in [0.2, 0.25) is 0 Å². The highest BCUT2D eigenvalue weighted by Crippen LogP contribution is 2.18. The van der Waals surface area contributed by atoms with Gasteiger partial charge >= 0.3 is 0 Å². The highest BCUT2D eigenvalue weighted by molar-refractivity contribution is 5.81. The third-order valence-corrected chi connectivity index (χ3v) is 4.23. The molecule has 2 rings (SSSR count). The molecule has 0 bridgehead atoms. The molecule has 1 N–H and O–H groups in total. The van der Waals surface area contributed by atoms with Gasteiger partial charge in [-0.25, -0.2) is 0 Å². The van der Waals surface area contributed by atoms with Crippen LogP contribution in [0.15, 0.2) is 18.2 Å². The van der Waals surface area contributed by atoms with Gasteiger partial charge in [-0.05, 0) is 77.0 Å². The van der Waals surface area contributed by atoms with E-state index in [-0.39, 0.29) is 11.9 Å². The Morgan fingerprint density at radius 2 is 1.95 bits per heavy atom. The van der Waals surface area contributed by atoms with Crippen molar-refractivity contribution < 1.29 is 9.53 Å². The van der Waals surface area contributed by atoms with E-state index in [1.54, 1.807) is 6.92 Å². The number of ether oxygens (including phenoxy) is 1. The van der Waals surface area contributed by atoms with Crippen LogP contribution in [-0.4, -0.2) is 43.1 Å². The summed E-state index contributed by atoms with van der Waals surface area (Å²) in [5.74, 6) is 0.729. The second-order valence-electron chi connectivity index (χ2n) is 6.09. The maximum atomic E-state index is 12.2. The molecule has 0 aliphatic carbocycles. The van der Waals surface area contributed by atoms with Gasteiger partial charge in [0.2, 0.25) is 0 Å². The first-order valence-electron chi connectivity index (χ1n) is 7.68. The van der Waals surface area contributed by atoms with Gasteiger partial charge in [-0.1, -0.05) is 6.07 Å². The van der Waals surface area contributed by atoms with E-state index >= 15 is 0 Å². The van der Waals surface area contributed by atoms with Crippen molar-refractivity contribution in [2.45, 2.75) is 45.8 Å². The van der Waals surface area contributed by atoms with Crippen LogP contribution in [0.25, 0.3) is 0 Å². The molecule has 1 amide bonds. The second kappa shape index (κ2) is 6.94. The number of likely N-dealkylation sites (tertiary alicyclic amines) is 1. The fraction of sp³-hybridized carbons (Fsp3) is 0.588. The van der Waals surface area contributed by atoms with E-state index in [0.717, 1.165) is 31.7 Å². The summed E-state index contributed by atoms with van der Waals surface area (Å²) in [6, 6.07) is 6.20. The molecule has 1 atom stereocenters. The van der Waals surface area contributed by atoms with Crippen LogP contribution < -0.4 is 10.1 Å². The van der Waals surface area contributed by atoms with Gasteiger partial charge in [-0.3, -0.25) is 4.79 Å². The molecule has 1 aliphatic heterocycles. The van der Waals surface area contributed by atoms with Gasteiger partial charge in [0.1, 0.15) is 5.75 Å². The topological polar surface area (TPSA) is 41.6 Å². The molecule has 1 unspecified atom stereocenters. The molecule has 1 saturated heterocycles. The van der Waals surface area contributed by atoms with Gasteiger partial charge in [0.15, 0.2) is 6.10 Å². The van der Waals surface area contributed by atoms with Crippen LogP contribution in [-0.2, 0) is 4.79 Å². The lowest BCUT2D eigenvalue weighted by molar-refractivity contribution is -0.128. The van der Waals surface area contributed by atoms with Crippen molar-refractivity contribution in [2.24, 2.45) is 0 Å². The number of benzene rings is 1. The van der Waals surface area contributed by atoms with Crippen LogP contribution in [0.3, 0.4) is 0 Å². The molecule has 0 radical (unpaired) electrons. The number of piperidine rings is 1. The fourth-order valence-electron chi connectivity index (χ4n) is 2.52. The van der Waals surface area contributed by atoms with E-state index in [9.17, 15) is 4.79 Å². The maximum Gasteiger partial charge on any atom is 0.260 e. The van der Waals surface area contributed by atoms with Crippen LogP contribution in [0, 0.1) is 13.8 Å². The van der Waals surface area contributed by atoms with Gasteiger partial charge < -0.3 is 15.0 Å². The summed E-state index contributed by atoms with van der Waals surface area (Å²) in [4.78, 5) is 14.5. The van der Waals surface area contributed by atoms with E-state index < -0.39 is 6.10 Å². The summed E-state index contributed by atoms with van der Waals surface area (Å²) in [6.45, 7) is 8.00. The average molecular weight is 290 g/mol. The minimum atomic E-state index is -0.466. The van der Waals surface area contributed by atoms with E-state index in [4.69, 9.17) is 4.74 Å². The standard InChI is InChI=1S/C17H26N2O2/c1-12-5-6-16(11-13(12)2)21-14(3)17(20)18-15-7-9-19(4)10-8-15/h5-6,11,14-15H,7-10H2,1-4H3,(H,18,20). The molecule has 4 nitrogen and oxygen atoms in total. The van der Waals surface area contributed by atoms with E-state index in [1.165, 1.54) is 11.1 Å². The number of carbonyl (C=O) groups excluding carboxylic acids is 1. The van der Waals surface area contributed by atoms with Gasteiger partial charge in [0, 0.05) is 6.04 Å². The largest absolute Gasteiger partial charge is 0.481 e. The predicted octanol–water partition coefficient (Wildman–Crippen LogP) is 2.28. The molecule has 21 heavy (non-hydrogen) atoms. The third-order valence-electron chi connectivity index (χ3n) is 4.23. The van der Waals surface area contributed by atoms with Crippen molar-refractivity contribution in [2.75, 3.05) is 20.1 Å². The number of hydrogen-bond donors (Lipinski definition) is 1. The molecule has 0 saturated carbocycles. The predicted molar refractivity (Wildman–Crippen MR) is 84.7 cm³/mol. The highest BCUT2D eigenvalue weighted by Gasteiger charge is 2.22. The first-order chi connectivity index (χ1) is 9.95. The molecule has 1 fully saturated rings. The first-order valence-corrected chi connectivity index (χ1v) is 7.68. The summed E-state index contributed by atoms with van der Waals surface area (Å²) >= 11 is 0.